The number of amides is 1. The summed E-state index contributed by atoms with van der Waals surface area (Å²) >= 11 is 0. The molecule has 0 spiro atoms. The molecule has 5 heteroatoms. The Kier molecular flexibility index (Phi) is 4.52. The first-order valence-electron chi connectivity index (χ1n) is 9.06. The predicted octanol–water partition coefficient (Wildman–Crippen LogP) is 3.77. The van der Waals surface area contributed by atoms with Crippen molar-refractivity contribution in [3.8, 4) is 11.1 Å². The predicted molar refractivity (Wildman–Crippen MR) is 102 cm³/mol. The quantitative estimate of drug-likeness (QED) is 0.782. The van der Waals surface area contributed by atoms with Crippen LogP contribution in [-0.4, -0.2) is 20.4 Å². The first-order chi connectivity index (χ1) is 12.7. The Hall–Kier alpha value is -2.95. The SMILES string of the molecule is Cc1nc(NC(=O)Cn2cnc3c2CCCC3)ccc1-c1ccccc1. The van der Waals surface area contributed by atoms with Crippen molar-refractivity contribution in [2.45, 2.75) is 39.2 Å². The summed E-state index contributed by atoms with van der Waals surface area (Å²) in [6.45, 7) is 2.24. The lowest BCUT2D eigenvalue weighted by atomic mass is 10.0. The summed E-state index contributed by atoms with van der Waals surface area (Å²) in [5.74, 6) is 0.510. The fraction of sp³-hybridized carbons (Fsp3) is 0.286. The molecule has 1 aliphatic rings. The largest absolute Gasteiger partial charge is 0.325 e. The van der Waals surface area contributed by atoms with Crippen LogP contribution in [0.2, 0.25) is 0 Å². The zero-order valence-electron chi connectivity index (χ0n) is 14.9. The van der Waals surface area contributed by atoms with Crippen molar-refractivity contribution in [1.82, 2.24) is 14.5 Å². The Morgan fingerprint density at radius 2 is 1.92 bits per heavy atom. The average Bonchev–Trinajstić information content (AvgIpc) is 3.05. The highest BCUT2D eigenvalue weighted by Gasteiger charge is 2.17. The van der Waals surface area contributed by atoms with E-state index in [-0.39, 0.29) is 12.5 Å². The van der Waals surface area contributed by atoms with Gasteiger partial charge in [0.25, 0.3) is 0 Å². The van der Waals surface area contributed by atoms with Crippen molar-refractivity contribution in [2.24, 2.45) is 0 Å². The minimum Gasteiger partial charge on any atom is -0.325 e. The number of fused-ring (bicyclic) bond motifs is 1. The second-order valence-corrected chi connectivity index (χ2v) is 6.72. The molecule has 0 saturated heterocycles. The van der Waals surface area contributed by atoms with E-state index in [0.717, 1.165) is 35.4 Å². The first kappa shape index (κ1) is 16.5. The lowest BCUT2D eigenvalue weighted by molar-refractivity contribution is -0.116. The van der Waals surface area contributed by atoms with Crippen molar-refractivity contribution >= 4 is 11.7 Å². The second kappa shape index (κ2) is 7.12. The standard InChI is InChI=1S/C21H22N4O/c1-15-17(16-7-3-2-4-8-16)11-12-20(23-15)24-21(26)13-25-14-22-18-9-5-6-10-19(18)25/h2-4,7-8,11-12,14H,5-6,9-10,13H2,1H3,(H,23,24,26). The smallest absolute Gasteiger partial charge is 0.245 e. The van der Waals surface area contributed by atoms with Gasteiger partial charge in [0.15, 0.2) is 0 Å². The van der Waals surface area contributed by atoms with Crippen molar-refractivity contribution in [2.75, 3.05) is 5.32 Å². The van der Waals surface area contributed by atoms with E-state index in [2.05, 4.69) is 27.4 Å². The Morgan fingerprint density at radius 1 is 1.12 bits per heavy atom. The van der Waals surface area contributed by atoms with Gasteiger partial charge in [-0.3, -0.25) is 4.79 Å². The molecule has 0 radical (unpaired) electrons. The lowest BCUT2D eigenvalue weighted by Gasteiger charge is -2.14. The molecule has 4 rings (SSSR count). The molecular formula is C21H22N4O. The Bertz CT molecular complexity index is 930. The van der Waals surface area contributed by atoms with Crippen LogP contribution in [0.15, 0.2) is 48.8 Å². The fourth-order valence-electron chi connectivity index (χ4n) is 3.56. The Morgan fingerprint density at radius 3 is 2.73 bits per heavy atom. The summed E-state index contributed by atoms with van der Waals surface area (Å²) in [6.07, 6.45) is 6.17. The van der Waals surface area contributed by atoms with E-state index < -0.39 is 0 Å². The fourth-order valence-corrected chi connectivity index (χ4v) is 3.56. The molecule has 0 atom stereocenters. The van der Waals surface area contributed by atoms with Crippen molar-refractivity contribution in [3.05, 3.63) is 65.9 Å². The third-order valence-corrected chi connectivity index (χ3v) is 4.86. The van der Waals surface area contributed by atoms with Gasteiger partial charge in [-0.05, 0) is 50.3 Å². The van der Waals surface area contributed by atoms with E-state index in [1.54, 1.807) is 6.33 Å². The second-order valence-electron chi connectivity index (χ2n) is 6.72. The van der Waals surface area contributed by atoms with Crippen molar-refractivity contribution in [3.63, 3.8) is 0 Å². The van der Waals surface area contributed by atoms with E-state index in [4.69, 9.17) is 0 Å². The monoisotopic (exact) mass is 346 g/mol. The van der Waals surface area contributed by atoms with Gasteiger partial charge in [-0.25, -0.2) is 9.97 Å². The minimum absolute atomic E-state index is 0.0739. The zero-order valence-corrected chi connectivity index (χ0v) is 14.9. The number of hydrogen-bond acceptors (Lipinski definition) is 3. The highest BCUT2D eigenvalue weighted by Crippen LogP contribution is 2.23. The normalized spacial score (nSPS) is 13.3. The maximum absolute atomic E-state index is 12.4. The maximum Gasteiger partial charge on any atom is 0.245 e. The Labute approximate surface area is 153 Å². The molecule has 1 N–H and O–H groups in total. The summed E-state index contributed by atoms with van der Waals surface area (Å²) in [4.78, 5) is 21.4. The number of aromatic nitrogens is 3. The van der Waals surface area contributed by atoms with Crippen molar-refractivity contribution in [1.29, 1.82) is 0 Å². The number of carbonyl (C=O) groups is 1. The molecule has 0 saturated carbocycles. The van der Waals surface area contributed by atoms with Crippen LogP contribution in [0.1, 0.15) is 29.9 Å². The summed E-state index contributed by atoms with van der Waals surface area (Å²) in [5.41, 5.74) is 5.45. The summed E-state index contributed by atoms with van der Waals surface area (Å²) in [7, 11) is 0. The number of pyridine rings is 1. The van der Waals surface area contributed by atoms with Gasteiger partial charge in [0, 0.05) is 17.0 Å². The molecule has 1 amide bonds. The van der Waals surface area contributed by atoms with E-state index in [1.807, 2.05) is 41.8 Å². The van der Waals surface area contributed by atoms with Gasteiger partial charge in [0.2, 0.25) is 5.91 Å². The average molecular weight is 346 g/mol. The van der Waals surface area contributed by atoms with Gasteiger partial charge in [0.05, 0.1) is 12.0 Å². The number of imidazole rings is 1. The van der Waals surface area contributed by atoms with Crippen LogP contribution in [0.25, 0.3) is 11.1 Å². The van der Waals surface area contributed by atoms with Gasteiger partial charge in [-0.2, -0.15) is 0 Å². The van der Waals surface area contributed by atoms with Gasteiger partial charge in [0.1, 0.15) is 12.4 Å². The van der Waals surface area contributed by atoms with E-state index in [0.29, 0.717) is 5.82 Å². The molecule has 0 bridgehead atoms. The molecule has 5 nitrogen and oxygen atoms in total. The van der Waals surface area contributed by atoms with Crippen LogP contribution in [0.3, 0.4) is 0 Å². The highest BCUT2D eigenvalue weighted by molar-refractivity contribution is 5.90. The number of nitrogens with zero attached hydrogens (tertiary/aromatic N) is 3. The van der Waals surface area contributed by atoms with E-state index in [1.165, 1.54) is 18.5 Å². The van der Waals surface area contributed by atoms with Gasteiger partial charge < -0.3 is 9.88 Å². The lowest BCUT2D eigenvalue weighted by Crippen LogP contribution is -2.21. The summed E-state index contributed by atoms with van der Waals surface area (Å²) < 4.78 is 1.97. The van der Waals surface area contributed by atoms with E-state index >= 15 is 0 Å². The number of aryl methyl sites for hydroxylation is 2. The minimum atomic E-state index is -0.0739. The number of anilines is 1. The molecule has 1 aliphatic carbocycles. The maximum atomic E-state index is 12.4. The molecular weight excluding hydrogens is 324 g/mol. The third kappa shape index (κ3) is 3.38. The molecule has 0 unspecified atom stereocenters. The molecule has 132 valence electrons. The van der Waals surface area contributed by atoms with Gasteiger partial charge >= 0.3 is 0 Å². The van der Waals surface area contributed by atoms with Crippen LogP contribution < -0.4 is 5.32 Å². The van der Waals surface area contributed by atoms with Crippen LogP contribution in [0, 0.1) is 6.92 Å². The molecule has 0 aliphatic heterocycles. The molecule has 3 aromatic rings. The number of rotatable bonds is 4. The third-order valence-electron chi connectivity index (χ3n) is 4.86. The summed E-state index contributed by atoms with van der Waals surface area (Å²) in [5, 5.41) is 2.91. The first-order valence-corrected chi connectivity index (χ1v) is 9.06. The van der Waals surface area contributed by atoms with E-state index in [9.17, 15) is 4.79 Å². The zero-order chi connectivity index (χ0) is 17.9. The molecule has 2 heterocycles. The van der Waals surface area contributed by atoms with Crippen molar-refractivity contribution < 1.29 is 4.79 Å². The Balaban J connectivity index is 1.46. The number of hydrogen-bond donors (Lipinski definition) is 1. The molecule has 2 aromatic heterocycles. The molecule has 1 aromatic carbocycles. The van der Waals surface area contributed by atoms with Crippen LogP contribution in [0.4, 0.5) is 5.82 Å². The van der Waals surface area contributed by atoms with Crippen LogP contribution in [-0.2, 0) is 24.2 Å². The number of benzene rings is 1. The number of nitrogens with one attached hydrogen (secondary N) is 1. The number of carbonyl (C=O) groups excluding carboxylic acids is 1. The topological polar surface area (TPSA) is 59.8 Å². The highest BCUT2D eigenvalue weighted by atomic mass is 16.2. The van der Waals surface area contributed by atoms with Crippen LogP contribution >= 0.6 is 0 Å². The van der Waals surface area contributed by atoms with Gasteiger partial charge in [-0.15, -0.1) is 0 Å². The van der Waals surface area contributed by atoms with Crippen LogP contribution in [0.5, 0.6) is 0 Å². The molecule has 0 fully saturated rings. The summed E-state index contributed by atoms with van der Waals surface area (Å²) in [6, 6.07) is 14.0. The van der Waals surface area contributed by atoms with Gasteiger partial charge in [-0.1, -0.05) is 30.3 Å². The molecule has 26 heavy (non-hydrogen) atoms.